The van der Waals surface area contributed by atoms with Crippen molar-refractivity contribution in [3.8, 4) is 0 Å². The lowest BCUT2D eigenvalue weighted by Gasteiger charge is -2.43. The van der Waals surface area contributed by atoms with Gasteiger partial charge in [-0.25, -0.2) is 8.42 Å². The summed E-state index contributed by atoms with van der Waals surface area (Å²) in [5.41, 5.74) is 5.41. The fourth-order valence-electron chi connectivity index (χ4n) is 3.31. The molecule has 2 rings (SSSR count). The molecule has 1 aliphatic carbocycles. The smallest absolute Gasteiger partial charge is 0.214 e. The lowest BCUT2D eigenvalue weighted by Crippen LogP contribution is -2.50. The zero-order valence-electron chi connectivity index (χ0n) is 10.5. The minimum absolute atomic E-state index is 0.229. The molecule has 17 heavy (non-hydrogen) atoms. The Morgan fingerprint density at radius 3 is 2.59 bits per heavy atom. The first kappa shape index (κ1) is 13.3. The Labute approximate surface area is 105 Å². The minimum Gasteiger partial charge on any atom is -0.330 e. The van der Waals surface area contributed by atoms with Gasteiger partial charge in [-0.1, -0.05) is 12.8 Å². The Bertz CT molecular complexity index is 340. The lowest BCUT2D eigenvalue weighted by atomic mass is 9.79. The predicted octanol–water partition coefficient (Wildman–Crippen LogP) is 1.32. The number of sulfonamides is 1. The van der Waals surface area contributed by atoms with E-state index in [-0.39, 0.29) is 5.75 Å². The van der Waals surface area contributed by atoms with Crippen LogP contribution in [0.3, 0.4) is 0 Å². The Morgan fingerprint density at radius 1 is 1.12 bits per heavy atom. The number of rotatable bonds is 4. The van der Waals surface area contributed by atoms with Gasteiger partial charge in [0.15, 0.2) is 0 Å². The van der Waals surface area contributed by atoms with Gasteiger partial charge in [-0.05, 0) is 44.6 Å². The first-order valence-electron chi connectivity index (χ1n) is 6.85. The molecule has 2 N–H and O–H groups in total. The quantitative estimate of drug-likeness (QED) is 0.829. The van der Waals surface area contributed by atoms with E-state index in [1.54, 1.807) is 4.31 Å². The van der Waals surface area contributed by atoms with Gasteiger partial charge in [0.05, 0.1) is 5.75 Å². The number of nitrogens with two attached hydrogens (primary N) is 1. The highest BCUT2D eigenvalue weighted by molar-refractivity contribution is 7.89. The third kappa shape index (κ3) is 3.01. The van der Waals surface area contributed by atoms with Gasteiger partial charge in [-0.15, -0.1) is 0 Å². The van der Waals surface area contributed by atoms with E-state index in [1.807, 2.05) is 0 Å². The zero-order valence-corrected chi connectivity index (χ0v) is 11.3. The van der Waals surface area contributed by atoms with Crippen LogP contribution in [0.15, 0.2) is 0 Å². The van der Waals surface area contributed by atoms with Gasteiger partial charge in [0, 0.05) is 12.6 Å². The van der Waals surface area contributed by atoms with Gasteiger partial charge in [-0.2, -0.15) is 4.31 Å². The van der Waals surface area contributed by atoms with Crippen molar-refractivity contribution >= 4 is 10.0 Å². The van der Waals surface area contributed by atoms with Crippen molar-refractivity contribution in [3.63, 3.8) is 0 Å². The molecule has 2 fully saturated rings. The van der Waals surface area contributed by atoms with Crippen molar-refractivity contribution in [2.24, 2.45) is 11.7 Å². The molecule has 4 nitrogen and oxygen atoms in total. The van der Waals surface area contributed by atoms with E-state index < -0.39 is 10.0 Å². The molecule has 1 saturated carbocycles. The summed E-state index contributed by atoms with van der Waals surface area (Å²) in [6.07, 6.45) is 7.56. The molecule has 100 valence electrons. The second kappa shape index (κ2) is 5.67. The van der Waals surface area contributed by atoms with Crippen LogP contribution in [-0.2, 0) is 10.0 Å². The van der Waals surface area contributed by atoms with Crippen molar-refractivity contribution in [1.29, 1.82) is 0 Å². The average Bonchev–Trinajstić information content (AvgIpc) is 2.36. The SMILES string of the molecule is NCCCS(=O)(=O)N1CCC[C@H]2CCCC[C@H]21. The van der Waals surface area contributed by atoms with Gasteiger partial charge in [0.25, 0.3) is 0 Å². The molecule has 1 heterocycles. The highest BCUT2D eigenvalue weighted by Gasteiger charge is 2.38. The van der Waals surface area contributed by atoms with Gasteiger partial charge in [0.1, 0.15) is 0 Å². The number of nitrogens with zero attached hydrogens (tertiary/aromatic N) is 1. The molecule has 2 atom stereocenters. The van der Waals surface area contributed by atoms with Crippen LogP contribution in [0.2, 0.25) is 0 Å². The van der Waals surface area contributed by atoms with Crippen LogP contribution in [0.1, 0.15) is 44.9 Å². The molecule has 0 spiro atoms. The second-order valence-electron chi connectivity index (χ2n) is 5.32. The Morgan fingerprint density at radius 2 is 1.82 bits per heavy atom. The summed E-state index contributed by atoms with van der Waals surface area (Å²) in [5, 5.41) is 0. The molecule has 0 aromatic heterocycles. The molecule has 1 saturated heterocycles. The molecule has 0 bridgehead atoms. The van der Waals surface area contributed by atoms with Gasteiger partial charge < -0.3 is 5.73 Å². The summed E-state index contributed by atoms with van der Waals surface area (Å²) >= 11 is 0. The fraction of sp³-hybridized carbons (Fsp3) is 1.00. The second-order valence-corrected chi connectivity index (χ2v) is 7.36. The minimum atomic E-state index is -3.06. The third-order valence-corrected chi connectivity index (χ3v) is 6.13. The fourth-order valence-corrected chi connectivity index (χ4v) is 5.17. The number of fused-ring (bicyclic) bond motifs is 1. The van der Waals surface area contributed by atoms with E-state index in [0.29, 0.717) is 24.9 Å². The number of piperidine rings is 1. The number of hydrogen-bond donors (Lipinski definition) is 1. The molecule has 0 unspecified atom stereocenters. The van der Waals surface area contributed by atoms with E-state index in [0.717, 1.165) is 19.4 Å². The summed E-state index contributed by atoms with van der Waals surface area (Å²) in [6, 6.07) is 0.292. The van der Waals surface area contributed by atoms with Crippen molar-refractivity contribution in [3.05, 3.63) is 0 Å². The maximum absolute atomic E-state index is 12.3. The largest absolute Gasteiger partial charge is 0.330 e. The Hall–Kier alpha value is -0.130. The normalized spacial score (nSPS) is 31.1. The van der Waals surface area contributed by atoms with Crippen LogP contribution in [0, 0.1) is 5.92 Å². The summed E-state index contributed by atoms with van der Waals surface area (Å²) in [5.74, 6) is 0.845. The maximum Gasteiger partial charge on any atom is 0.214 e. The third-order valence-electron chi connectivity index (χ3n) is 4.16. The highest BCUT2D eigenvalue weighted by atomic mass is 32.2. The number of hydrogen-bond acceptors (Lipinski definition) is 3. The molecule has 2 aliphatic rings. The molecule has 0 amide bonds. The Kier molecular flexibility index (Phi) is 4.44. The van der Waals surface area contributed by atoms with Gasteiger partial charge in [0.2, 0.25) is 10.0 Å². The maximum atomic E-state index is 12.3. The Balaban J connectivity index is 2.07. The summed E-state index contributed by atoms with van der Waals surface area (Å²) < 4.78 is 26.3. The molecule has 5 heteroatoms. The van der Waals surface area contributed by atoms with Crippen molar-refractivity contribution in [2.45, 2.75) is 51.0 Å². The van der Waals surface area contributed by atoms with Gasteiger partial charge >= 0.3 is 0 Å². The molecule has 0 radical (unpaired) electrons. The highest BCUT2D eigenvalue weighted by Crippen LogP contribution is 2.36. The van der Waals surface area contributed by atoms with E-state index in [2.05, 4.69) is 0 Å². The lowest BCUT2D eigenvalue weighted by molar-refractivity contribution is 0.129. The molecular weight excluding hydrogens is 236 g/mol. The van der Waals surface area contributed by atoms with Gasteiger partial charge in [-0.3, -0.25) is 0 Å². The standard InChI is InChI=1S/C12H24N2O2S/c13-8-4-10-17(15,16)14-9-3-6-11-5-1-2-7-12(11)14/h11-12H,1-10,13H2/t11-,12-/m1/s1. The zero-order chi connectivity index (χ0) is 12.3. The summed E-state index contributed by atoms with van der Waals surface area (Å²) in [7, 11) is -3.06. The molecule has 0 aromatic carbocycles. The van der Waals surface area contributed by atoms with E-state index in [9.17, 15) is 8.42 Å². The van der Waals surface area contributed by atoms with Crippen LogP contribution in [-0.4, -0.2) is 37.6 Å². The van der Waals surface area contributed by atoms with Crippen LogP contribution in [0.4, 0.5) is 0 Å². The van der Waals surface area contributed by atoms with E-state index in [4.69, 9.17) is 5.73 Å². The molecular formula is C12H24N2O2S. The van der Waals surface area contributed by atoms with E-state index in [1.165, 1.54) is 25.7 Å². The molecule has 0 aromatic rings. The van der Waals surface area contributed by atoms with Crippen molar-refractivity contribution < 1.29 is 8.42 Å². The van der Waals surface area contributed by atoms with Crippen LogP contribution in [0.25, 0.3) is 0 Å². The summed E-state index contributed by atoms with van der Waals surface area (Å²) in [6.45, 7) is 1.19. The first-order valence-corrected chi connectivity index (χ1v) is 8.45. The predicted molar refractivity (Wildman–Crippen MR) is 69.1 cm³/mol. The first-order chi connectivity index (χ1) is 8.15. The van der Waals surface area contributed by atoms with Crippen LogP contribution < -0.4 is 5.73 Å². The topological polar surface area (TPSA) is 63.4 Å². The van der Waals surface area contributed by atoms with Crippen LogP contribution in [0.5, 0.6) is 0 Å². The monoisotopic (exact) mass is 260 g/mol. The summed E-state index contributed by atoms with van der Waals surface area (Å²) in [4.78, 5) is 0. The van der Waals surface area contributed by atoms with Crippen LogP contribution >= 0.6 is 0 Å². The molecule has 1 aliphatic heterocycles. The van der Waals surface area contributed by atoms with E-state index >= 15 is 0 Å². The average molecular weight is 260 g/mol. The van der Waals surface area contributed by atoms with Crippen molar-refractivity contribution in [2.75, 3.05) is 18.8 Å². The van der Waals surface area contributed by atoms with Crippen molar-refractivity contribution in [1.82, 2.24) is 4.31 Å².